The maximum Gasteiger partial charge on any atom is 0.0573 e. The predicted octanol–water partition coefficient (Wildman–Crippen LogP) is 2.34. The van der Waals surface area contributed by atoms with Crippen LogP contribution in [0.3, 0.4) is 0 Å². The molecule has 0 amide bonds. The lowest BCUT2D eigenvalue weighted by Gasteiger charge is -1.96. The van der Waals surface area contributed by atoms with E-state index in [9.17, 15) is 0 Å². The Morgan fingerprint density at radius 2 is 2.00 bits per heavy atom. The molecule has 1 nitrogen and oxygen atoms in total. The van der Waals surface area contributed by atoms with Crippen LogP contribution in [0.4, 0.5) is 0 Å². The monoisotopic (exact) mass is 142 g/mol. The summed E-state index contributed by atoms with van der Waals surface area (Å²) in [5.74, 6) is 0.678. The zero-order valence-electron chi connectivity index (χ0n) is 6.84. The molecule has 1 N–H and O–H groups in total. The third-order valence-electron chi connectivity index (χ3n) is 2.31. The molecule has 1 aliphatic carbocycles. The molecule has 0 aromatic carbocycles. The fourth-order valence-electron chi connectivity index (χ4n) is 1.38. The van der Waals surface area contributed by atoms with Crippen LogP contribution in [-0.4, -0.2) is 11.2 Å². The van der Waals surface area contributed by atoms with Crippen molar-refractivity contribution in [2.45, 2.75) is 51.6 Å². The van der Waals surface area contributed by atoms with Crippen molar-refractivity contribution in [3.05, 3.63) is 0 Å². The molecular weight excluding hydrogens is 124 g/mol. The molecule has 0 saturated heterocycles. The molecule has 1 fully saturated rings. The minimum absolute atomic E-state index is 0.0710. The third kappa shape index (κ3) is 2.70. The number of unbranched alkanes of at least 4 members (excludes halogenated alkanes) is 3. The second-order valence-corrected chi connectivity index (χ2v) is 3.41. The molecule has 0 radical (unpaired) electrons. The van der Waals surface area contributed by atoms with Crippen molar-refractivity contribution in [2.75, 3.05) is 0 Å². The van der Waals surface area contributed by atoms with Gasteiger partial charge in [-0.25, -0.2) is 0 Å². The molecule has 0 bridgehead atoms. The van der Waals surface area contributed by atoms with Crippen LogP contribution >= 0.6 is 0 Å². The van der Waals surface area contributed by atoms with Crippen molar-refractivity contribution in [3.8, 4) is 0 Å². The number of aliphatic hydroxyl groups excluding tert-OH is 1. The van der Waals surface area contributed by atoms with E-state index >= 15 is 0 Å². The van der Waals surface area contributed by atoms with Crippen LogP contribution in [0.2, 0.25) is 0 Å². The van der Waals surface area contributed by atoms with Crippen molar-refractivity contribution in [3.63, 3.8) is 0 Å². The fourth-order valence-corrected chi connectivity index (χ4v) is 1.38. The van der Waals surface area contributed by atoms with Crippen molar-refractivity contribution in [2.24, 2.45) is 5.92 Å². The zero-order valence-corrected chi connectivity index (χ0v) is 6.84. The average molecular weight is 142 g/mol. The van der Waals surface area contributed by atoms with E-state index in [4.69, 9.17) is 5.11 Å². The molecule has 10 heavy (non-hydrogen) atoms. The van der Waals surface area contributed by atoms with Gasteiger partial charge in [-0.15, -0.1) is 0 Å². The molecule has 1 heteroatoms. The summed E-state index contributed by atoms with van der Waals surface area (Å²) < 4.78 is 0. The van der Waals surface area contributed by atoms with E-state index in [1.165, 1.54) is 32.1 Å². The summed E-state index contributed by atoms with van der Waals surface area (Å²) in [6.45, 7) is 2.23. The topological polar surface area (TPSA) is 20.2 Å². The molecule has 1 rings (SSSR count). The highest BCUT2D eigenvalue weighted by Crippen LogP contribution is 2.34. The van der Waals surface area contributed by atoms with Crippen LogP contribution in [0, 0.1) is 5.92 Å². The van der Waals surface area contributed by atoms with Gasteiger partial charge in [-0.05, 0) is 18.8 Å². The summed E-state index contributed by atoms with van der Waals surface area (Å²) in [4.78, 5) is 0. The lowest BCUT2D eigenvalue weighted by atomic mass is 10.1. The number of rotatable bonds is 5. The standard InChI is InChI=1S/C9H18O/c1-2-3-4-5-6-8-7-9(8)10/h8-10H,2-7H2,1H3/t8-,9-/m0/s1. The second kappa shape index (κ2) is 3.97. The largest absolute Gasteiger partial charge is 0.393 e. The number of hydrogen-bond donors (Lipinski definition) is 1. The molecule has 1 aliphatic rings. The van der Waals surface area contributed by atoms with Crippen LogP contribution in [0.15, 0.2) is 0 Å². The van der Waals surface area contributed by atoms with Gasteiger partial charge in [0.05, 0.1) is 6.10 Å². The van der Waals surface area contributed by atoms with E-state index in [0.717, 1.165) is 6.42 Å². The fraction of sp³-hybridized carbons (Fsp3) is 1.00. The minimum Gasteiger partial charge on any atom is -0.393 e. The Balaban J connectivity index is 1.78. The van der Waals surface area contributed by atoms with Crippen molar-refractivity contribution >= 4 is 0 Å². The van der Waals surface area contributed by atoms with E-state index < -0.39 is 0 Å². The first-order chi connectivity index (χ1) is 4.84. The molecule has 0 heterocycles. The predicted molar refractivity (Wildman–Crippen MR) is 42.9 cm³/mol. The summed E-state index contributed by atoms with van der Waals surface area (Å²) in [7, 11) is 0. The SMILES string of the molecule is CCCCCC[C@H]1C[C@@H]1O. The van der Waals surface area contributed by atoms with Gasteiger partial charge in [0.15, 0.2) is 0 Å². The van der Waals surface area contributed by atoms with Gasteiger partial charge in [0.1, 0.15) is 0 Å². The zero-order chi connectivity index (χ0) is 7.40. The molecule has 1 saturated carbocycles. The smallest absolute Gasteiger partial charge is 0.0573 e. The van der Waals surface area contributed by atoms with Crippen LogP contribution in [0.25, 0.3) is 0 Å². The molecule has 0 spiro atoms. The molecule has 60 valence electrons. The normalized spacial score (nSPS) is 30.6. The first-order valence-electron chi connectivity index (χ1n) is 4.52. The van der Waals surface area contributed by atoms with Gasteiger partial charge in [-0.1, -0.05) is 32.6 Å². The lowest BCUT2D eigenvalue weighted by molar-refractivity contribution is 0.255. The highest BCUT2D eigenvalue weighted by molar-refractivity contribution is 4.85. The average Bonchev–Trinajstić information content (AvgIpc) is 2.60. The Kier molecular flexibility index (Phi) is 3.20. The lowest BCUT2D eigenvalue weighted by Crippen LogP contribution is -1.85. The van der Waals surface area contributed by atoms with Gasteiger partial charge in [-0.3, -0.25) is 0 Å². The van der Waals surface area contributed by atoms with Crippen molar-refractivity contribution in [1.29, 1.82) is 0 Å². The Hall–Kier alpha value is -0.0400. The molecule has 0 unspecified atom stereocenters. The van der Waals surface area contributed by atoms with E-state index in [2.05, 4.69) is 6.92 Å². The number of aliphatic hydroxyl groups is 1. The van der Waals surface area contributed by atoms with E-state index in [-0.39, 0.29) is 6.10 Å². The molecule has 0 aromatic rings. The molecule has 2 atom stereocenters. The third-order valence-corrected chi connectivity index (χ3v) is 2.31. The Morgan fingerprint density at radius 1 is 1.30 bits per heavy atom. The van der Waals surface area contributed by atoms with Crippen LogP contribution in [-0.2, 0) is 0 Å². The molecule has 0 aliphatic heterocycles. The first-order valence-corrected chi connectivity index (χ1v) is 4.52. The van der Waals surface area contributed by atoms with E-state index in [1.807, 2.05) is 0 Å². The van der Waals surface area contributed by atoms with Gasteiger partial charge in [0.25, 0.3) is 0 Å². The Labute approximate surface area is 63.4 Å². The maximum atomic E-state index is 8.98. The van der Waals surface area contributed by atoms with Gasteiger partial charge in [-0.2, -0.15) is 0 Å². The van der Waals surface area contributed by atoms with E-state index in [0.29, 0.717) is 5.92 Å². The number of hydrogen-bond acceptors (Lipinski definition) is 1. The summed E-state index contributed by atoms with van der Waals surface area (Å²) in [5, 5.41) is 8.98. The molecule has 0 aromatic heterocycles. The quantitative estimate of drug-likeness (QED) is 0.584. The van der Waals surface area contributed by atoms with Crippen molar-refractivity contribution in [1.82, 2.24) is 0 Å². The van der Waals surface area contributed by atoms with Crippen LogP contribution < -0.4 is 0 Å². The van der Waals surface area contributed by atoms with Gasteiger partial charge in [0.2, 0.25) is 0 Å². The summed E-state index contributed by atoms with van der Waals surface area (Å²) in [6, 6.07) is 0. The Morgan fingerprint density at radius 3 is 2.50 bits per heavy atom. The van der Waals surface area contributed by atoms with Crippen LogP contribution in [0.5, 0.6) is 0 Å². The van der Waals surface area contributed by atoms with Gasteiger partial charge in [0, 0.05) is 0 Å². The minimum atomic E-state index is 0.0710. The highest BCUT2D eigenvalue weighted by Gasteiger charge is 2.33. The van der Waals surface area contributed by atoms with E-state index in [1.54, 1.807) is 0 Å². The first kappa shape index (κ1) is 8.06. The van der Waals surface area contributed by atoms with Crippen LogP contribution in [0.1, 0.15) is 45.4 Å². The summed E-state index contributed by atoms with van der Waals surface area (Å²) in [5.41, 5.74) is 0. The van der Waals surface area contributed by atoms with Crippen molar-refractivity contribution < 1.29 is 5.11 Å². The summed E-state index contributed by atoms with van der Waals surface area (Å²) in [6.07, 6.45) is 7.78. The molecular formula is C9H18O. The van der Waals surface area contributed by atoms with Gasteiger partial charge >= 0.3 is 0 Å². The highest BCUT2D eigenvalue weighted by atomic mass is 16.3. The summed E-state index contributed by atoms with van der Waals surface area (Å²) >= 11 is 0. The Bertz CT molecular complexity index is 90.7. The van der Waals surface area contributed by atoms with Gasteiger partial charge < -0.3 is 5.11 Å². The second-order valence-electron chi connectivity index (χ2n) is 3.41. The maximum absolute atomic E-state index is 8.98.